The zero-order chi connectivity index (χ0) is 12.6. The third-order valence-corrected chi connectivity index (χ3v) is 3.02. The third-order valence-electron chi connectivity index (χ3n) is 1.64. The molecule has 4 nitrogen and oxygen atoms in total. The van der Waals surface area contributed by atoms with Crippen molar-refractivity contribution in [3.63, 3.8) is 0 Å². The predicted octanol–water partition coefficient (Wildman–Crippen LogP) is 2.25. The van der Waals surface area contributed by atoms with E-state index < -0.39 is 5.97 Å². The van der Waals surface area contributed by atoms with E-state index in [1.54, 1.807) is 18.7 Å². The van der Waals surface area contributed by atoms with Crippen molar-refractivity contribution >= 4 is 23.4 Å². The van der Waals surface area contributed by atoms with Crippen molar-refractivity contribution in [1.82, 2.24) is 0 Å². The second kappa shape index (κ2) is 8.21. The molecule has 0 aromatic carbocycles. The molecule has 1 unspecified atom stereocenters. The Labute approximate surface area is 101 Å². The first-order valence-electron chi connectivity index (χ1n) is 5.07. The summed E-state index contributed by atoms with van der Waals surface area (Å²) in [4.78, 5) is 16.2. The molecule has 1 atom stereocenters. The normalized spacial score (nSPS) is 13.1. The second-order valence-electron chi connectivity index (χ2n) is 3.29. The molecule has 92 valence electrons. The van der Waals surface area contributed by atoms with Crippen LogP contribution >= 0.6 is 11.8 Å². The Kier molecular flexibility index (Phi) is 7.72. The average Bonchev–Trinajstić information content (AvgIpc) is 2.22. The highest BCUT2D eigenvalue weighted by atomic mass is 32.2. The number of hydrogen-bond acceptors (Lipinski definition) is 5. The molecule has 0 amide bonds. The Balaban J connectivity index is 4.47. The number of nitrogens with zero attached hydrogens (tertiary/aromatic N) is 1. The van der Waals surface area contributed by atoms with Crippen LogP contribution < -0.4 is 0 Å². The molecule has 0 spiro atoms. The van der Waals surface area contributed by atoms with E-state index in [0.29, 0.717) is 12.3 Å². The highest BCUT2D eigenvalue weighted by Gasteiger charge is 2.21. The lowest BCUT2D eigenvalue weighted by molar-refractivity contribution is -0.135. The van der Waals surface area contributed by atoms with Crippen LogP contribution in [0.1, 0.15) is 20.8 Å². The van der Waals surface area contributed by atoms with Gasteiger partial charge in [-0.15, -0.1) is 11.8 Å². The van der Waals surface area contributed by atoms with Gasteiger partial charge in [0.15, 0.2) is 5.71 Å². The molecule has 0 aliphatic carbocycles. The van der Waals surface area contributed by atoms with E-state index in [2.05, 4.69) is 16.6 Å². The predicted molar refractivity (Wildman–Crippen MR) is 67.8 cm³/mol. The van der Waals surface area contributed by atoms with E-state index in [0.717, 1.165) is 11.3 Å². The summed E-state index contributed by atoms with van der Waals surface area (Å²) < 4.78 is 4.90. The van der Waals surface area contributed by atoms with Crippen LogP contribution in [0.15, 0.2) is 17.3 Å². The van der Waals surface area contributed by atoms with Crippen LogP contribution in [0.2, 0.25) is 0 Å². The quantitative estimate of drug-likeness (QED) is 0.299. The molecule has 0 saturated carbocycles. The zero-order valence-corrected chi connectivity index (χ0v) is 11.1. The van der Waals surface area contributed by atoms with Crippen molar-refractivity contribution in [2.75, 3.05) is 19.5 Å². The Morgan fingerprint density at radius 2 is 2.19 bits per heavy atom. The smallest absolute Gasteiger partial charge is 0.357 e. The van der Waals surface area contributed by atoms with Gasteiger partial charge in [0.25, 0.3) is 0 Å². The second-order valence-corrected chi connectivity index (χ2v) is 4.62. The fourth-order valence-corrected chi connectivity index (χ4v) is 1.76. The maximum absolute atomic E-state index is 11.6. The molecular weight excluding hydrogens is 226 g/mol. The Morgan fingerprint density at radius 1 is 1.56 bits per heavy atom. The molecule has 0 bridgehead atoms. The molecule has 16 heavy (non-hydrogen) atoms. The number of rotatable bonds is 7. The Bertz CT molecular complexity index is 276. The summed E-state index contributed by atoms with van der Waals surface area (Å²) in [6.07, 6.45) is 0. The van der Waals surface area contributed by atoms with Crippen LogP contribution in [0.5, 0.6) is 0 Å². The molecule has 0 fully saturated rings. The van der Waals surface area contributed by atoms with Gasteiger partial charge in [-0.3, -0.25) is 0 Å². The van der Waals surface area contributed by atoms with Gasteiger partial charge >= 0.3 is 5.97 Å². The fourth-order valence-electron chi connectivity index (χ4n) is 0.927. The van der Waals surface area contributed by atoms with Gasteiger partial charge in [-0.2, -0.15) is 0 Å². The molecule has 0 heterocycles. The van der Waals surface area contributed by atoms with Crippen molar-refractivity contribution in [3.8, 4) is 0 Å². The highest BCUT2D eigenvalue weighted by Crippen LogP contribution is 2.16. The summed E-state index contributed by atoms with van der Waals surface area (Å²) in [5.41, 5.74) is 1.35. The SMILES string of the molecule is C=C(C)CSC(C)C(=NOC)C(=O)OCC. The zero-order valence-electron chi connectivity index (χ0n) is 10.3. The van der Waals surface area contributed by atoms with Crippen LogP contribution in [-0.2, 0) is 14.4 Å². The van der Waals surface area contributed by atoms with Crippen LogP contribution in [0, 0.1) is 0 Å². The van der Waals surface area contributed by atoms with Gasteiger partial charge in [0, 0.05) is 5.75 Å². The molecule has 0 aliphatic heterocycles. The molecule has 0 rings (SSSR count). The maximum Gasteiger partial charge on any atom is 0.357 e. The van der Waals surface area contributed by atoms with Crippen LogP contribution in [0.3, 0.4) is 0 Å². The monoisotopic (exact) mass is 245 g/mol. The van der Waals surface area contributed by atoms with E-state index in [-0.39, 0.29) is 5.25 Å². The summed E-state index contributed by atoms with van der Waals surface area (Å²) in [6.45, 7) is 9.73. The molecule has 0 radical (unpaired) electrons. The first-order chi connectivity index (χ1) is 7.52. The third kappa shape index (κ3) is 5.80. The number of ether oxygens (including phenoxy) is 1. The van der Waals surface area contributed by atoms with Gasteiger partial charge in [-0.25, -0.2) is 4.79 Å². The highest BCUT2D eigenvalue weighted by molar-refractivity contribution is 8.00. The number of thioether (sulfide) groups is 1. The van der Waals surface area contributed by atoms with E-state index in [1.807, 2.05) is 13.8 Å². The summed E-state index contributed by atoms with van der Waals surface area (Å²) in [5.74, 6) is 0.356. The van der Waals surface area contributed by atoms with Crippen LogP contribution in [-0.4, -0.2) is 36.4 Å². The van der Waals surface area contributed by atoms with Gasteiger partial charge < -0.3 is 9.57 Å². The average molecular weight is 245 g/mol. The minimum absolute atomic E-state index is 0.0734. The Hall–Kier alpha value is -0.970. The summed E-state index contributed by atoms with van der Waals surface area (Å²) in [6, 6.07) is 0. The summed E-state index contributed by atoms with van der Waals surface area (Å²) >= 11 is 1.58. The molecule has 0 N–H and O–H groups in total. The fraction of sp³-hybridized carbons (Fsp3) is 0.636. The molecule has 0 aliphatic rings. The van der Waals surface area contributed by atoms with E-state index >= 15 is 0 Å². The first-order valence-corrected chi connectivity index (χ1v) is 6.11. The standard InChI is InChI=1S/C11H19NO3S/c1-6-15-11(13)10(12-14-5)9(4)16-7-8(2)3/h9H,2,6-7H2,1,3-5H3. The van der Waals surface area contributed by atoms with Crippen molar-refractivity contribution in [3.05, 3.63) is 12.2 Å². The minimum atomic E-state index is -0.425. The van der Waals surface area contributed by atoms with Crippen molar-refractivity contribution in [2.24, 2.45) is 5.16 Å². The lowest BCUT2D eigenvalue weighted by Crippen LogP contribution is -2.27. The summed E-state index contributed by atoms with van der Waals surface area (Å²) in [5, 5.41) is 3.64. The number of oxime groups is 1. The van der Waals surface area contributed by atoms with Crippen LogP contribution in [0.25, 0.3) is 0 Å². The maximum atomic E-state index is 11.6. The van der Waals surface area contributed by atoms with Crippen LogP contribution in [0.4, 0.5) is 0 Å². The Morgan fingerprint density at radius 3 is 2.62 bits per heavy atom. The van der Waals surface area contributed by atoms with E-state index in [1.165, 1.54) is 7.11 Å². The molecule has 0 saturated heterocycles. The lowest BCUT2D eigenvalue weighted by atomic mass is 10.3. The number of esters is 1. The minimum Gasteiger partial charge on any atom is -0.461 e. The van der Waals surface area contributed by atoms with Gasteiger partial charge in [-0.1, -0.05) is 17.3 Å². The molecule has 0 aromatic rings. The van der Waals surface area contributed by atoms with Gasteiger partial charge in [0.05, 0.1) is 11.9 Å². The van der Waals surface area contributed by atoms with E-state index in [4.69, 9.17) is 4.74 Å². The van der Waals surface area contributed by atoms with Gasteiger partial charge in [0.1, 0.15) is 7.11 Å². The molecule has 0 aromatic heterocycles. The van der Waals surface area contributed by atoms with Crippen molar-refractivity contribution in [2.45, 2.75) is 26.0 Å². The van der Waals surface area contributed by atoms with Gasteiger partial charge in [-0.05, 0) is 20.8 Å². The summed E-state index contributed by atoms with van der Waals surface area (Å²) in [7, 11) is 1.41. The van der Waals surface area contributed by atoms with E-state index in [9.17, 15) is 4.79 Å². The first kappa shape index (κ1) is 15.0. The van der Waals surface area contributed by atoms with Crippen molar-refractivity contribution in [1.29, 1.82) is 0 Å². The largest absolute Gasteiger partial charge is 0.461 e. The number of carbonyl (C=O) groups is 1. The van der Waals surface area contributed by atoms with Gasteiger partial charge in [0.2, 0.25) is 0 Å². The van der Waals surface area contributed by atoms with Crippen molar-refractivity contribution < 1.29 is 14.4 Å². The molecular formula is C11H19NO3S. The molecule has 5 heteroatoms. The lowest BCUT2D eigenvalue weighted by Gasteiger charge is -2.12. The number of hydrogen-bond donors (Lipinski definition) is 0. The topological polar surface area (TPSA) is 47.9 Å². The number of carbonyl (C=O) groups excluding carboxylic acids is 1.